The van der Waals surface area contributed by atoms with Gasteiger partial charge in [-0.25, -0.2) is 0 Å². The van der Waals surface area contributed by atoms with Crippen molar-refractivity contribution in [1.82, 2.24) is 15.0 Å². The highest BCUT2D eigenvalue weighted by molar-refractivity contribution is 5.31. The third-order valence-electron chi connectivity index (χ3n) is 2.32. The van der Waals surface area contributed by atoms with E-state index >= 15 is 0 Å². The van der Waals surface area contributed by atoms with Crippen molar-refractivity contribution in [3.63, 3.8) is 0 Å². The van der Waals surface area contributed by atoms with Gasteiger partial charge in [-0.1, -0.05) is 34.1 Å². The number of hydrogen-bond acceptors (Lipinski definition) is 4. The maximum absolute atomic E-state index is 11.0. The minimum atomic E-state index is -0.393. The molecule has 0 aliphatic rings. The zero-order chi connectivity index (χ0) is 12.3. The number of aryl methyl sites for hydroxylation is 1. The molecule has 16 heavy (non-hydrogen) atoms. The Balaban J connectivity index is 3.12. The predicted molar refractivity (Wildman–Crippen MR) is 60.3 cm³/mol. The highest BCUT2D eigenvalue weighted by atomic mass is 16.6. The van der Waals surface area contributed by atoms with Crippen LogP contribution in [0.25, 0.3) is 0 Å². The Morgan fingerprint density at radius 2 is 2.06 bits per heavy atom. The molecule has 1 rings (SSSR count). The molecule has 0 aromatic carbocycles. The van der Waals surface area contributed by atoms with Gasteiger partial charge in [0.25, 0.3) is 0 Å². The van der Waals surface area contributed by atoms with E-state index in [1.54, 1.807) is 0 Å². The molecule has 0 fully saturated rings. The van der Waals surface area contributed by atoms with Gasteiger partial charge in [0.05, 0.1) is 0 Å². The molecule has 6 nitrogen and oxygen atoms in total. The van der Waals surface area contributed by atoms with Crippen LogP contribution in [0, 0.1) is 10.1 Å². The number of aromatic nitrogens is 3. The summed E-state index contributed by atoms with van der Waals surface area (Å²) in [4.78, 5) is 10.6. The molecule has 0 aliphatic carbocycles. The maximum Gasteiger partial charge on any atom is 0.368 e. The first-order valence-corrected chi connectivity index (χ1v) is 5.46. The average Bonchev–Trinajstić information content (AvgIpc) is 2.57. The molecule has 1 aromatic heterocycles. The van der Waals surface area contributed by atoms with Gasteiger partial charge in [-0.05, 0) is 11.3 Å². The van der Waals surface area contributed by atoms with Gasteiger partial charge in [-0.2, -0.15) is 0 Å². The first-order chi connectivity index (χ1) is 7.38. The summed E-state index contributed by atoms with van der Waals surface area (Å²) in [5.41, 5.74) is 0.0981. The molecule has 0 radical (unpaired) electrons. The van der Waals surface area contributed by atoms with Crippen LogP contribution >= 0.6 is 0 Å². The summed E-state index contributed by atoms with van der Waals surface area (Å²) in [7, 11) is 0. The molecule has 6 heteroatoms. The van der Waals surface area contributed by atoms with Crippen molar-refractivity contribution < 1.29 is 4.92 Å². The Hall–Kier alpha value is -1.46. The van der Waals surface area contributed by atoms with E-state index in [4.69, 9.17) is 0 Å². The zero-order valence-electron chi connectivity index (χ0n) is 10.2. The Morgan fingerprint density at radius 1 is 1.44 bits per heavy atom. The monoisotopic (exact) mass is 226 g/mol. The number of unbranched alkanes of at least 4 members (excludes halogenated alkanes) is 1. The van der Waals surface area contributed by atoms with E-state index in [2.05, 4.69) is 10.3 Å². The number of hydrogen-bond donors (Lipinski definition) is 0. The standard InChI is InChI=1S/C10H18N4O2/c1-5-6-7-13-9(14(15)16)8(11-12-13)10(2,3)4/h5-7H2,1-4H3. The molecule has 90 valence electrons. The Morgan fingerprint density at radius 3 is 2.50 bits per heavy atom. The van der Waals surface area contributed by atoms with Gasteiger partial charge in [0.1, 0.15) is 6.54 Å². The van der Waals surface area contributed by atoms with Crippen LogP contribution in [0.2, 0.25) is 0 Å². The van der Waals surface area contributed by atoms with E-state index in [9.17, 15) is 10.1 Å². The van der Waals surface area contributed by atoms with Crippen LogP contribution in [0.4, 0.5) is 5.82 Å². The summed E-state index contributed by atoms with van der Waals surface area (Å²) in [6.45, 7) is 8.28. The van der Waals surface area contributed by atoms with Gasteiger partial charge in [0.15, 0.2) is 5.69 Å². The summed E-state index contributed by atoms with van der Waals surface area (Å²) in [6, 6.07) is 0. The van der Waals surface area contributed by atoms with Crippen LogP contribution in [0.3, 0.4) is 0 Å². The minimum Gasteiger partial charge on any atom is -0.358 e. The van der Waals surface area contributed by atoms with E-state index in [0.29, 0.717) is 12.2 Å². The topological polar surface area (TPSA) is 73.8 Å². The fraction of sp³-hybridized carbons (Fsp3) is 0.800. The molecule has 0 saturated heterocycles. The van der Waals surface area contributed by atoms with Crippen LogP contribution < -0.4 is 0 Å². The maximum atomic E-state index is 11.0. The smallest absolute Gasteiger partial charge is 0.358 e. The second kappa shape index (κ2) is 4.59. The van der Waals surface area contributed by atoms with Gasteiger partial charge >= 0.3 is 5.82 Å². The summed E-state index contributed by atoms with van der Waals surface area (Å²) >= 11 is 0. The molecule has 0 amide bonds. The molecule has 0 N–H and O–H groups in total. The molecule has 0 unspecified atom stereocenters. The SMILES string of the molecule is CCCCn1nnc(C(C)(C)C)c1[N+](=O)[O-]. The lowest BCUT2D eigenvalue weighted by molar-refractivity contribution is -0.393. The second-order valence-electron chi connectivity index (χ2n) is 4.85. The second-order valence-corrected chi connectivity index (χ2v) is 4.85. The Bertz CT molecular complexity index is 379. The quantitative estimate of drug-likeness (QED) is 0.583. The van der Waals surface area contributed by atoms with Crippen LogP contribution in [0.1, 0.15) is 46.2 Å². The van der Waals surface area contributed by atoms with Gasteiger partial charge in [-0.15, -0.1) is 9.78 Å². The van der Waals surface area contributed by atoms with Crippen LogP contribution in [0.15, 0.2) is 0 Å². The van der Waals surface area contributed by atoms with Crippen molar-refractivity contribution in [3.8, 4) is 0 Å². The van der Waals surface area contributed by atoms with E-state index in [1.165, 1.54) is 4.68 Å². The summed E-state index contributed by atoms with van der Waals surface area (Å²) < 4.78 is 1.39. The molecule has 1 heterocycles. The third kappa shape index (κ3) is 2.56. The Kier molecular flexibility index (Phi) is 3.62. The fourth-order valence-corrected chi connectivity index (χ4v) is 1.43. The first-order valence-electron chi connectivity index (χ1n) is 5.46. The van der Waals surface area contributed by atoms with Crippen LogP contribution in [-0.2, 0) is 12.0 Å². The van der Waals surface area contributed by atoms with E-state index in [1.807, 2.05) is 27.7 Å². The van der Waals surface area contributed by atoms with E-state index < -0.39 is 4.92 Å². The average molecular weight is 226 g/mol. The lowest BCUT2D eigenvalue weighted by Crippen LogP contribution is -2.15. The molecular formula is C10H18N4O2. The van der Waals surface area contributed by atoms with Gasteiger partial charge < -0.3 is 10.1 Å². The van der Waals surface area contributed by atoms with Gasteiger partial charge in [0.2, 0.25) is 0 Å². The lowest BCUT2D eigenvalue weighted by atomic mass is 9.92. The molecule has 1 aromatic rings. The summed E-state index contributed by atoms with van der Waals surface area (Å²) in [5, 5.41) is 18.8. The molecular weight excluding hydrogens is 208 g/mol. The minimum absolute atomic E-state index is 0.0287. The van der Waals surface area contributed by atoms with Crippen molar-refractivity contribution in [3.05, 3.63) is 15.8 Å². The van der Waals surface area contributed by atoms with Crippen molar-refractivity contribution in [2.24, 2.45) is 0 Å². The number of nitro groups is 1. The third-order valence-corrected chi connectivity index (χ3v) is 2.32. The molecule has 0 aliphatic heterocycles. The van der Waals surface area contributed by atoms with Crippen molar-refractivity contribution in [1.29, 1.82) is 0 Å². The number of rotatable bonds is 4. The first kappa shape index (κ1) is 12.6. The summed E-state index contributed by atoms with van der Waals surface area (Å²) in [5.74, 6) is 0.0287. The van der Waals surface area contributed by atoms with Gasteiger partial charge in [-0.3, -0.25) is 0 Å². The molecule has 0 saturated carbocycles. The fourth-order valence-electron chi connectivity index (χ4n) is 1.43. The van der Waals surface area contributed by atoms with Crippen LogP contribution in [0.5, 0.6) is 0 Å². The van der Waals surface area contributed by atoms with Gasteiger partial charge in [0, 0.05) is 10.6 Å². The van der Waals surface area contributed by atoms with Crippen molar-refractivity contribution in [2.75, 3.05) is 0 Å². The Labute approximate surface area is 94.8 Å². The van der Waals surface area contributed by atoms with Crippen molar-refractivity contribution in [2.45, 2.75) is 52.5 Å². The summed E-state index contributed by atoms with van der Waals surface area (Å²) in [6.07, 6.45) is 1.84. The van der Waals surface area contributed by atoms with Crippen molar-refractivity contribution >= 4 is 5.82 Å². The largest absolute Gasteiger partial charge is 0.368 e. The lowest BCUT2D eigenvalue weighted by Gasteiger charge is -2.13. The molecule has 0 atom stereocenters. The van der Waals surface area contributed by atoms with E-state index in [-0.39, 0.29) is 11.2 Å². The highest BCUT2D eigenvalue weighted by Gasteiger charge is 2.32. The van der Waals surface area contributed by atoms with E-state index in [0.717, 1.165) is 12.8 Å². The molecule has 0 spiro atoms. The zero-order valence-corrected chi connectivity index (χ0v) is 10.2. The normalized spacial score (nSPS) is 11.8. The number of nitrogens with zero attached hydrogens (tertiary/aromatic N) is 4. The predicted octanol–water partition coefficient (Wildman–Crippen LogP) is 2.28. The molecule has 0 bridgehead atoms. The highest BCUT2D eigenvalue weighted by Crippen LogP contribution is 2.28. The van der Waals surface area contributed by atoms with Crippen LogP contribution in [-0.4, -0.2) is 19.9 Å².